The predicted octanol–water partition coefficient (Wildman–Crippen LogP) is 2.53. The maximum atomic E-state index is 11.9. The van der Waals surface area contributed by atoms with Crippen LogP contribution in [0.15, 0.2) is 36.8 Å². The van der Waals surface area contributed by atoms with E-state index >= 15 is 0 Å². The molecule has 1 fully saturated rings. The van der Waals surface area contributed by atoms with Gasteiger partial charge in [0.15, 0.2) is 5.78 Å². The summed E-state index contributed by atoms with van der Waals surface area (Å²) in [5.41, 5.74) is 1.82. The Morgan fingerprint density at radius 1 is 1.47 bits per heavy atom. The average Bonchev–Trinajstić information content (AvgIpc) is 3.19. The first-order valence-electron chi connectivity index (χ1n) is 6.46. The summed E-state index contributed by atoms with van der Waals surface area (Å²) in [6, 6.07) is 5.76. The van der Waals surface area contributed by atoms with E-state index in [2.05, 4.69) is 4.98 Å². The SMILES string of the molecule is COc1ncccc1Cn1ccc(C(=O)C2CC2)c1. The van der Waals surface area contributed by atoms with E-state index in [0.29, 0.717) is 12.4 Å². The second-order valence-electron chi connectivity index (χ2n) is 4.88. The van der Waals surface area contributed by atoms with E-state index < -0.39 is 0 Å². The van der Waals surface area contributed by atoms with Gasteiger partial charge in [-0.15, -0.1) is 0 Å². The topological polar surface area (TPSA) is 44.1 Å². The van der Waals surface area contributed by atoms with Crippen LogP contribution in [0.25, 0.3) is 0 Å². The molecule has 0 unspecified atom stereocenters. The molecule has 0 N–H and O–H groups in total. The van der Waals surface area contributed by atoms with E-state index in [1.54, 1.807) is 13.3 Å². The number of rotatable bonds is 5. The van der Waals surface area contributed by atoms with Gasteiger partial charge in [0, 0.05) is 35.6 Å². The summed E-state index contributed by atoms with van der Waals surface area (Å²) >= 11 is 0. The highest BCUT2D eigenvalue weighted by atomic mass is 16.5. The molecule has 0 amide bonds. The second-order valence-corrected chi connectivity index (χ2v) is 4.88. The van der Waals surface area contributed by atoms with Gasteiger partial charge >= 0.3 is 0 Å². The Bertz CT molecular complexity index is 600. The molecule has 4 heteroatoms. The molecule has 98 valence electrons. The highest BCUT2D eigenvalue weighted by Gasteiger charge is 2.30. The summed E-state index contributed by atoms with van der Waals surface area (Å²) in [4.78, 5) is 16.1. The van der Waals surface area contributed by atoms with E-state index in [0.717, 1.165) is 24.0 Å². The van der Waals surface area contributed by atoms with Crippen LogP contribution in [0.3, 0.4) is 0 Å². The highest BCUT2D eigenvalue weighted by Crippen LogP contribution is 2.32. The van der Waals surface area contributed by atoms with Crippen LogP contribution in [0.1, 0.15) is 28.8 Å². The van der Waals surface area contributed by atoms with Crippen LogP contribution in [0, 0.1) is 5.92 Å². The summed E-state index contributed by atoms with van der Waals surface area (Å²) in [5, 5.41) is 0. The molecule has 1 saturated carbocycles. The second kappa shape index (κ2) is 4.88. The van der Waals surface area contributed by atoms with Crippen molar-refractivity contribution in [3.05, 3.63) is 47.9 Å². The largest absolute Gasteiger partial charge is 0.481 e. The lowest BCUT2D eigenvalue weighted by molar-refractivity contribution is 0.0967. The van der Waals surface area contributed by atoms with Crippen LogP contribution in [-0.4, -0.2) is 22.4 Å². The molecule has 0 saturated heterocycles. The Hall–Kier alpha value is -2.10. The number of ketones is 1. The number of Topliss-reactive ketones (excluding diaryl/α,β-unsaturated/α-hetero) is 1. The standard InChI is InChI=1S/C15H16N2O2/c1-19-15-13(3-2-7-16-15)10-17-8-6-12(9-17)14(18)11-4-5-11/h2-3,6-9,11H,4-5,10H2,1H3. The lowest BCUT2D eigenvalue weighted by atomic mass is 10.1. The van der Waals surface area contributed by atoms with Gasteiger partial charge in [0.2, 0.25) is 5.88 Å². The van der Waals surface area contributed by atoms with Crippen molar-refractivity contribution >= 4 is 5.78 Å². The van der Waals surface area contributed by atoms with Gasteiger partial charge in [-0.2, -0.15) is 0 Å². The normalized spacial score (nSPS) is 14.4. The summed E-state index contributed by atoms with van der Waals surface area (Å²) in [5.74, 6) is 1.17. The first kappa shape index (κ1) is 12.0. The van der Waals surface area contributed by atoms with Crippen molar-refractivity contribution in [2.75, 3.05) is 7.11 Å². The number of carbonyl (C=O) groups excluding carboxylic acids is 1. The summed E-state index contributed by atoms with van der Waals surface area (Å²) in [6.07, 6.45) is 7.63. The maximum Gasteiger partial charge on any atom is 0.218 e. The van der Waals surface area contributed by atoms with Crippen molar-refractivity contribution in [1.82, 2.24) is 9.55 Å². The van der Waals surface area contributed by atoms with Gasteiger partial charge in [0.25, 0.3) is 0 Å². The fraction of sp³-hybridized carbons (Fsp3) is 0.333. The average molecular weight is 256 g/mol. The quantitative estimate of drug-likeness (QED) is 0.772. The van der Waals surface area contributed by atoms with Crippen molar-refractivity contribution in [3.63, 3.8) is 0 Å². The van der Waals surface area contributed by atoms with Crippen LogP contribution < -0.4 is 4.74 Å². The van der Waals surface area contributed by atoms with Gasteiger partial charge < -0.3 is 9.30 Å². The Kier molecular flexibility index (Phi) is 3.07. The maximum absolute atomic E-state index is 11.9. The van der Waals surface area contributed by atoms with Crippen molar-refractivity contribution < 1.29 is 9.53 Å². The number of aromatic nitrogens is 2. The summed E-state index contributed by atoms with van der Waals surface area (Å²) in [7, 11) is 1.61. The van der Waals surface area contributed by atoms with Gasteiger partial charge in [-0.3, -0.25) is 4.79 Å². The lowest BCUT2D eigenvalue weighted by Crippen LogP contribution is -2.02. The minimum atomic E-state index is 0.267. The smallest absolute Gasteiger partial charge is 0.218 e. The molecule has 1 aliphatic rings. The molecule has 2 aromatic heterocycles. The van der Waals surface area contributed by atoms with Crippen LogP contribution in [-0.2, 0) is 6.54 Å². The first-order valence-corrected chi connectivity index (χ1v) is 6.46. The van der Waals surface area contributed by atoms with Gasteiger partial charge in [-0.25, -0.2) is 4.98 Å². The molecule has 4 nitrogen and oxygen atoms in total. The number of pyridine rings is 1. The van der Waals surface area contributed by atoms with Gasteiger partial charge in [0.1, 0.15) is 0 Å². The number of carbonyl (C=O) groups is 1. The summed E-state index contributed by atoms with van der Waals surface area (Å²) < 4.78 is 7.22. The summed E-state index contributed by atoms with van der Waals surface area (Å²) in [6.45, 7) is 0.662. The van der Waals surface area contributed by atoms with Crippen molar-refractivity contribution in [2.45, 2.75) is 19.4 Å². The van der Waals surface area contributed by atoms with Gasteiger partial charge in [-0.05, 0) is 25.0 Å². The Morgan fingerprint density at radius 3 is 3.05 bits per heavy atom. The predicted molar refractivity (Wildman–Crippen MR) is 71.4 cm³/mol. The van der Waals surface area contributed by atoms with Crippen LogP contribution in [0.5, 0.6) is 5.88 Å². The monoisotopic (exact) mass is 256 g/mol. The van der Waals surface area contributed by atoms with E-state index in [1.807, 2.05) is 35.2 Å². The molecule has 0 bridgehead atoms. The number of hydrogen-bond donors (Lipinski definition) is 0. The molecule has 2 aromatic rings. The van der Waals surface area contributed by atoms with Gasteiger partial charge in [0.05, 0.1) is 13.7 Å². The molecule has 19 heavy (non-hydrogen) atoms. The van der Waals surface area contributed by atoms with E-state index in [-0.39, 0.29) is 11.7 Å². The lowest BCUT2D eigenvalue weighted by Gasteiger charge is -2.07. The minimum absolute atomic E-state index is 0.267. The molecule has 0 atom stereocenters. The molecule has 0 spiro atoms. The molecule has 0 aromatic carbocycles. The molecular weight excluding hydrogens is 240 g/mol. The first-order chi connectivity index (χ1) is 9.28. The van der Waals surface area contributed by atoms with E-state index in [4.69, 9.17) is 4.74 Å². The van der Waals surface area contributed by atoms with Crippen LogP contribution >= 0.6 is 0 Å². The Balaban J connectivity index is 1.78. The highest BCUT2D eigenvalue weighted by molar-refractivity contribution is 5.99. The third kappa shape index (κ3) is 2.52. The number of nitrogens with zero attached hydrogens (tertiary/aromatic N) is 2. The van der Waals surface area contributed by atoms with Crippen LogP contribution in [0.2, 0.25) is 0 Å². The van der Waals surface area contributed by atoms with Crippen molar-refractivity contribution in [1.29, 1.82) is 0 Å². The molecule has 1 aliphatic carbocycles. The Morgan fingerprint density at radius 2 is 2.32 bits per heavy atom. The number of methoxy groups -OCH3 is 1. The number of hydrogen-bond acceptors (Lipinski definition) is 3. The van der Waals surface area contributed by atoms with Crippen LogP contribution in [0.4, 0.5) is 0 Å². The van der Waals surface area contributed by atoms with Gasteiger partial charge in [-0.1, -0.05) is 6.07 Å². The molecule has 2 heterocycles. The zero-order valence-corrected chi connectivity index (χ0v) is 10.9. The number of ether oxygens (including phenoxy) is 1. The van der Waals surface area contributed by atoms with Crippen molar-refractivity contribution in [3.8, 4) is 5.88 Å². The third-order valence-electron chi connectivity index (χ3n) is 3.38. The zero-order chi connectivity index (χ0) is 13.2. The molecule has 3 rings (SSSR count). The molecular formula is C15H16N2O2. The minimum Gasteiger partial charge on any atom is -0.481 e. The Labute approximate surface area is 112 Å². The fourth-order valence-electron chi connectivity index (χ4n) is 2.19. The third-order valence-corrected chi connectivity index (χ3v) is 3.38. The van der Waals surface area contributed by atoms with E-state index in [9.17, 15) is 4.79 Å². The fourth-order valence-corrected chi connectivity index (χ4v) is 2.19. The van der Waals surface area contributed by atoms with Crippen molar-refractivity contribution in [2.24, 2.45) is 5.92 Å². The zero-order valence-electron chi connectivity index (χ0n) is 10.9. The molecule has 0 aliphatic heterocycles. The molecule has 0 radical (unpaired) electrons. The van der Waals surface area contributed by atoms with E-state index in [1.165, 1.54) is 0 Å².